The van der Waals surface area contributed by atoms with E-state index in [0.29, 0.717) is 0 Å². The van der Waals surface area contributed by atoms with Gasteiger partial charge in [-0.15, -0.1) is 0 Å². The van der Waals surface area contributed by atoms with Crippen LogP contribution in [0.5, 0.6) is 0 Å². The van der Waals surface area contributed by atoms with E-state index in [0.717, 1.165) is 0 Å². The summed E-state index contributed by atoms with van der Waals surface area (Å²) in [6, 6.07) is 170. The van der Waals surface area contributed by atoms with Crippen molar-refractivity contribution in [1.29, 1.82) is 0 Å². The summed E-state index contributed by atoms with van der Waals surface area (Å²) in [5.74, 6) is 0. The van der Waals surface area contributed by atoms with E-state index in [9.17, 15) is 0 Å². The van der Waals surface area contributed by atoms with Crippen LogP contribution in [-0.4, -0.2) is 28.7 Å². The highest BCUT2D eigenvalue weighted by molar-refractivity contribution is 6.27. The number of fused-ring (bicyclic) bond motifs is 25. The monoisotopic (exact) mass is 1650 g/mol. The fourth-order valence-electron chi connectivity index (χ4n) is 21.4. The molecule has 0 saturated heterocycles. The first-order valence-electron chi connectivity index (χ1n) is 44.8. The fourth-order valence-corrected chi connectivity index (χ4v) is 21.4. The number of rotatable bonds is 9. The molecule has 6 nitrogen and oxygen atoms in total. The molecular formula is C124H80N6. The molecule has 22 aromatic carbocycles. The van der Waals surface area contributed by atoms with Gasteiger partial charge in [0, 0.05) is 115 Å². The zero-order chi connectivity index (χ0) is 85.4. The third-order valence-corrected chi connectivity index (χ3v) is 27.2. The van der Waals surface area contributed by atoms with Crippen molar-refractivity contribution in [3.63, 3.8) is 0 Å². The lowest BCUT2D eigenvalue weighted by atomic mass is 9.89. The molecule has 0 saturated carbocycles. The second-order valence-corrected chi connectivity index (χ2v) is 34.3. The Labute approximate surface area is 748 Å². The average molecular weight is 1650 g/mol. The maximum absolute atomic E-state index is 3.71. The summed E-state index contributed by atoms with van der Waals surface area (Å²) >= 11 is 0. The Morgan fingerprint density at radius 1 is 0.123 bits per heavy atom. The zero-order valence-electron chi connectivity index (χ0n) is 70.8. The Bertz CT molecular complexity index is 9420. The van der Waals surface area contributed by atoms with E-state index in [2.05, 4.69) is 496 Å². The number of aromatic amines is 3. The summed E-state index contributed by atoms with van der Waals surface area (Å²) in [5, 5.41) is 25.5. The van der Waals surface area contributed by atoms with E-state index in [4.69, 9.17) is 0 Å². The number of nitrogens with zero attached hydrogens (tertiary/aromatic N) is 3. The number of aromatic nitrogens is 6. The van der Waals surface area contributed by atoms with Crippen molar-refractivity contribution < 1.29 is 0 Å². The minimum absolute atomic E-state index is 1.17. The molecule has 0 unspecified atom stereocenters. The van der Waals surface area contributed by atoms with Gasteiger partial charge >= 0.3 is 0 Å². The van der Waals surface area contributed by atoms with Crippen molar-refractivity contribution >= 4 is 174 Å². The molecule has 0 atom stereocenters. The molecule has 0 aliphatic carbocycles. The molecular weight excluding hydrogens is 1570 g/mol. The molecule has 0 spiro atoms. The number of H-pyrrole nitrogens is 3. The van der Waals surface area contributed by atoms with E-state index in [1.807, 2.05) is 0 Å². The smallest absolute Gasteiger partial charge is 0.0541 e. The number of benzene rings is 22. The molecule has 28 rings (SSSR count). The first-order valence-corrected chi connectivity index (χ1v) is 44.8. The highest BCUT2D eigenvalue weighted by atomic mass is 15.0. The molecule has 0 radical (unpaired) electrons. The molecule has 0 amide bonds. The minimum Gasteiger partial charge on any atom is -0.354 e. The van der Waals surface area contributed by atoms with Gasteiger partial charge in [-0.2, -0.15) is 0 Å². The van der Waals surface area contributed by atoms with Crippen molar-refractivity contribution in [3.05, 3.63) is 467 Å². The van der Waals surface area contributed by atoms with E-state index in [1.54, 1.807) is 0 Å². The van der Waals surface area contributed by atoms with Crippen LogP contribution in [0.2, 0.25) is 0 Å². The predicted molar refractivity (Wildman–Crippen MR) is 553 cm³/mol. The first-order chi connectivity index (χ1) is 64.5. The molecule has 28 aromatic rings. The largest absolute Gasteiger partial charge is 0.354 e. The van der Waals surface area contributed by atoms with E-state index in [-0.39, 0.29) is 0 Å². The molecule has 0 bridgehead atoms. The maximum atomic E-state index is 3.71. The van der Waals surface area contributed by atoms with Gasteiger partial charge in [0.15, 0.2) is 0 Å². The number of nitrogens with one attached hydrogen (secondary N) is 3. The van der Waals surface area contributed by atoms with Crippen molar-refractivity contribution in [2.75, 3.05) is 0 Å². The molecule has 0 aliphatic heterocycles. The molecule has 6 aromatic heterocycles. The summed E-state index contributed by atoms with van der Waals surface area (Å²) in [7, 11) is 0. The zero-order valence-corrected chi connectivity index (χ0v) is 70.8. The van der Waals surface area contributed by atoms with E-state index < -0.39 is 0 Å². The van der Waals surface area contributed by atoms with Crippen LogP contribution in [0.15, 0.2) is 467 Å². The summed E-state index contributed by atoms with van der Waals surface area (Å²) in [5.41, 5.74) is 32.7. The standard InChI is InChI=1S/C44H28N2.2C40H26N2/c1-2-12-29(13-3-1)46-42-21-11-9-17-35(42)39-26-28(22-25-43(39)46)30-23-24-34(32-15-5-4-14-31(30)32)38-27-41-44(36-18-7-6-16-33(36)38)37-19-8-10-20-40(37)45-41;1-2-13-29(14-3-1)42-38-20-9-7-16-31(38)35-24-27(21-22-39(35)42)26-11-10-12-28(23-26)34-25-37-40(32-17-5-4-15-30(32)34)33-18-6-8-19-36(33)41-37;1-2-10-29(11-3-1)42-38-17-9-7-13-31(38)35-24-28(22-23-39(35)42)26-18-20-27(21-19-26)34-25-37-40(32-14-5-4-12-30(32)34)33-15-6-8-16-36(33)41-37/h1-27,45H;2*1-25,41H. The highest BCUT2D eigenvalue weighted by Crippen LogP contribution is 2.48. The van der Waals surface area contributed by atoms with Crippen LogP contribution < -0.4 is 0 Å². The fraction of sp³-hybridized carbons (Fsp3) is 0. The van der Waals surface area contributed by atoms with Gasteiger partial charge in [-0.25, -0.2) is 0 Å². The highest BCUT2D eigenvalue weighted by Gasteiger charge is 2.23. The second-order valence-electron chi connectivity index (χ2n) is 34.3. The Hall–Kier alpha value is -17.3. The SMILES string of the molecule is c1ccc(-n2c3ccccc3c3cc(-c4ccc(-c5cc6[nH]c7ccccc7c6c6ccccc56)c5ccccc45)ccc32)cc1.c1ccc(-n2c3ccccc3c3cc(-c4ccc(-c5cc6[nH]c7ccccc7c6c6ccccc56)cc4)ccc32)cc1.c1ccc(-n2c3ccccc3c3cc(-c4cccc(-c5cc6[nH]c7ccccc7c6c6ccccc56)c4)ccc32)cc1. The predicted octanol–water partition coefficient (Wildman–Crippen LogP) is 33.9. The van der Waals surface area contributed by atoms with Gasteiger partial charge in [0.25, 0.3) is 0 Å². The average Bonchev–Trinajstić information content (AvgIpc) is 1.49. The van der Waals surface area contributed by atoms with Gasteiger partial charge in [-0.05, 0) is 243 Å². The molecule has 0 fully saturated rings. The molecule has 130 heavy (non-hydrogen) atoms. The molecule has 0 aliphatic rings. The summed E-state index contributed by atoms with van der Waals surface area (Å²) in [6.07, 6.45) is 0. The molecule has 606 valence electrons. The van der Waals surface area contributed by atoms with Crippen LogP contribution in [0.1, 0.15) is 0 Å². The Balaban J connectivity index is 0.000000103. The van der Waals surface area contributed by atoms with Crippen LogP contribution in [0.3, 0.4) is 0 Å². The van der Waals surface area contributed by atoms with E-state index in [1.165, 1.54) is 258 Å². The maximum Gasteiger partial charge on any atom is 0.0541 e. The second kappa shape index (κ2) is 30.2. The van der Waals surface area contributed by atoms with Crippen molar-refractivity contribution in [1.82, 2.24) is 28.7 Å². The molecule has 3 N–H and O–H groups in total. The Morgan fingerprint density at radius 2 is 0.385 bits per heavy atom. The van der Waals surface area contributed by atoms with Gasteiger partial charge < -0.3 is 28.7 Å². The quantitative estimate of drug-likeness (QED) is 0.129. The third kappa shape index (κ3) is 12.0. The van der Waals surface area contributed by atoms with Crippen molar-refractivity contribution in [3.8, 4) is 83.8 Å². The summed E-state index contributed by atoms with van der Waals surface area (Å²) < 4.78 is 7.11. The topological polar surface area (TPSA) is 62.2 Å². The first kappa shape index (κ1) is 74.1. The number of hydrogen-bond donors (Lipinski definition) is 3. The number of para-hydroxylation sites is 9. The van der Waals surface area contributed by atoms with Crippen molar-refractivity contribution in [2.45, 2.75) is 0 Å². The lowest BCUT2D eigenvalue weighted by Crippen LogP contribution is -1.93. The van der Waals surface area contributed by atoms with Crippen molar-refractivity contribution in [2.24, 2.45) is 0 Å². The summed E-state index contributed by atoms with van der Waals surface area (Å²) in [4.78, 5) is 11.0. The van der Waals surface area contributed by atoms with E-state index >= 15 is 0 Å². The van der Waals surface area contributed by atoms with Crippen LogP contribution in [-0.2, 0) is 0 Å². The molecule has 6 heterocycles. The Kier molecular flexibility index (Phi) is 17.2. The lowest BCUT2D eigenvalue weighted by Gasteiger charge is -2.15. The normalized spacial score (nSPS) is 11.8. The van der Waals surface area contributed by atoms with Gasteiger partial charge in [0.2, 0.25) is 0 Å². The Morgan fingerprint density at radius 3 is 0.808 bits per heavy atom. The lowest BCUT2D eigenvalue weighted by molar-refractivity contribution is 1.18. The molecule has 6 heteroatoms. The van der Waals surface area contributed by atoms with Crippen LogP contribution in [0, 0.1) is 0 Å². The van der Waals surface area contributed by atoms with Crippen LogP contribution in [0.25, 0.3) is 258 Å². The van der Waals surface area contributed by atoms with Crippen LogP contribution >= 0.6 is 0 Å². The van der Waals surface area contributed by atoms with Gasteiger partial charge in [-0.1, -0.05) is 334 Å². The van der Waals surface area contributed by atoms with Gasteiger partial charge in [-0.3, -0.25) is 0 Å². The van der Waals surface area contributed by atoms with Crippen LogP contribution in [0.4, 0.5) is 0 Å². The summed E-state index contributed by atoms with van der Waals surface area (Å²) in [6.45, 7) is 0. The minimum atomic E-state index is 1.17. The van der Waals surface area contributed by atoms with Gasteiger partial charge in [0.05, 0.1) is 33.1 Å². The number of hydrogen-bond acceptors (Lipinski definition) is 0. The third-order valence-electron chi connectivity index (χ3n) is 27.2. The van der Waals surface area contributed by atoms with Gasteiger partial charge in [0.1, 0.15) is 0 Å².